The molecule has 0 aromatic heterocycles. The summed E-state index contributed by atoms with van der Waals surface area (Å²) in [5, 5.41) is 0. The fourth-order valence-corrected chi connectivity index (χ4v) is 3.88. The van der Waals surface area contributed by atoms with Crippen LogP contribution in [0.2, 0.25) is 0 Å². The minimum absolute atomic E-state index is 0.781. The second-order valence-electron chi connectivity index (χ2n) is 8.38. The summed E-state index contributed by atoms with van der Waals surface area (Å²) < 4.78 is 0. The molecule has 0 bridgehead atoms. The van der Waals surface area contributed by atoms with Crippen LogP contribution in [-0.2, 0) is 0 Å². The van der Waals surface area contributed by atoms with Gasteiger partial charge in [0.1, 0.15) is 0 Å². The van der Waals surface area contributed by atoms with Gasteiger partial charge < -0.3 is 4.90 Å². The fraction of sp³-hybridized carbons (Fsp3) is 1.00. The molecule has 0 aliphatic rings. The van der Waals surface area contributed by atoms with Gasteiger partial charge in [0.2, 0.25) is 0 Å². The first kappa shape index (κ1) is 25.0. The van der Waals surface area contributed by atoms with Gasteiger partial charge in [-0.25, -0.2) is 0 Å². The van der Waals surface area contributed by atoms with Gasteiger partial charge in [-0.15, -0.1) is 0 Å². The molecule has 0 aliphatic heterocycles. The van der Waals surface area contributed by atoms with Crippen LogP contribution in [-0.4, -0.2) is 24.0 Å². The summed E-state index contributed by atoms with van der Waals surface area (Å²) >= 11 is 0. The lowest BCUT2D eigenvalue weighted by molar-refractivity contribution is 0.156. The second kappa shape index (κ2) is 18.7. The predicted molar refractivity (Wildman–Crippen MR) is 116 cm³/mol. The molecule has 1 heteroatoms. The summed E-state index contributed by atoms with van der Waals surface area (Å²) in [5.41, 5.74) is 0. The SMILES string of the molecule is CCCCCCCCN(CC(CC)CCCC)C(C)CCCCCC. The van der Waals surface area contributed by atoms with Gasteiger partial charge >= 0.3 is 0 Å². The van der Waals surface area contributed by atoms with Crippen molar-refractivity contribution in [2.75, 3.05) is 13.1 Å². The number of unbranched alkanes of at least 4 members (excludes halogenated alkanes) is 9. The molecule has 0 rings (SSSR count). The summed E-state index contributed by atoms with van der Waals surface area (Å²) in [7, 11) is 0. The van der Waals surface area contributed by atoms with Crippen LogP contribution in [0, 0.1) is 5.92 Å². The molecule has 0 saturated heterocycles. The Morgan fingerprint density at radius 3 is 1.76 bits per heavy atom. The molecule has 0 aromatic carbocycles. The van der Waals surface area contributed by atoms with Gasteiger partial charge in [0.15, 0.2) is 0 Å². The highest BCUT2D eigenvalue weighted by Gasteiger charge is 2.17. The highest BCUT2D eigenvalue weighted by atomic mass is 15.1. The molecule has 0 spiro atoms. The van der Waals surface area contributed by atoms with Crippen LogP contribution < -0.4 is 0 Å². The van der Waals surface area contributed by atoms with E-state index in [1.54, 1.807) is 0 Å². The van der Waals surface area contributed by atoms with E-state index in [4.69, 9.17) is 0 Å². The molecule has 0 fully saturated rings. The maximum Gasteiger partial charge on any atom is 0.00670 e. The monoisotopic (exact) mass is 353 g/mol. The van der Waals surface area contributed by atoms with Crippen molar-refractivity contribution in [3.05, 3.63) is 0 Å². The molecule has 0 radical (unpaired) electrons. The third kappa shape index (κ3) is 14.8. The van der Waals surface area contributed by atoms with Crippen LogP contribution in [0.5, 0.6) is 0 Å². The Kier molecular flexibility index (Phi) is 18.7. The molecule has 0 aliphatic carbocycles. The van der Waals surface area contributed by atoms with Gasteiger partial charge in [0.25, 0.3) is 0 Å². The van der Waals surface area contributed by atoms with Gasteiger partial charge in [-0.1, -0.05) is 105 Å². The molecule has 152 valence electrons. The normalized spacial score (nSPS) is 14.2. The molecule has 0 aromatic rings. The Morgan fingerprint density at radius 2 is 1.16 bits per heavy atom. The largest absolute Gasteiger partial charge is 0.300 e. The highest BCUT2D eigenvalue weighted by Crippen LogP contribution is 2.19. The third-order valence-electron chi connectivity index (χ3n) is 5.93. The van der Waals surface area contributed by atoms with Crippen molar-refractivity contribution in [1.29, 1.82) is 0 Å². The van der Waals surface area contributed by atoms with Crippen LogP contribution >= 0.6 is 0 Å². The summed E-state index contributed by atoms with van der Waals surface area (Å²) in [5.74, 6) is 0.915. The lowest BCUT2D eigenvalue weighted by Crippen LogP contribution is -2.38. The fourth-order valence-electron chi connectivity index (χ4n) is 3.88. The quantitative estimate of drug-likeness (QED) is 0.211. The Balaban J connectivity index is 4.31. The number of nitrogens with zero attached hydrogens (tertiary/aromatic N) is 1. The van der Waals surface area contributed by atoms with E-state index in [-0.39, 0.29) is 0 Å². The minimum atomic E-state index is 0.781. The zero-order valence-corrected chi connectivity index (χ0v) is 18.6. The molecule has 0 amide bonds. The van der Waals surface area contributed by atoms with Gasteiger partial charge in [0.05, 0.1) is 0 Å². The zero-order valence-electron chi connectivity index (χ0n) is 18.6. The standard InChI is InChI=1S/C24H51N/c1-6-10-13-15-16-18-21-25(22-24(9-4)20-12-8-3)23(5)19-17-14-11-7-2/h23-24H,6-22H2,1-5H3. The summed E-state index contributed by atoms with van der Waals surface area (Å²) in [6.07, 6.45) is 21.1. The summed E-state index contributed by atoms with van der Waals surface area (Å²) in [6, 6.07) is 0.781. The Bertz CT molecular complexity index is 250. The number of hydrogen-bond donors (Lipinski definition) is 0. The smallest absolute Gasteiger partial charge is 0.00670 e. The van der Waals surface area contributed by atoms with E-state index < -0.39 is 0 Å². The van der Waals surface area contributed by atoms with Gasteiger partial charge in [-0.05, 0) is 38.6 Å². The van der Waals surface area contributed by atoms with Gasteiger partial charge in [-0.3, -0.25) is 0 Å². The first-order valence-corrected chi connectivity index (χ1v) is 11.9. The molecule has 1 nitrogen and oxygen atoms in total. The van der Waals surface area contributed by atoms with Crippen molar-refractivity contribution in [3.63, 3.8) is 0 Å². The Morgan fingerprint density at radius 1 is 0.600 bits per heavy atom. The molecular weight excluding hydrogens is 302 g/mol. The van der Waals surface area contributed by atoms with Crippen LogP contribution in [0.15, 0.2) is 0 Å². The molecular formula is C24H51N. The van der Waals surface area contributed by atoms with Crippen LogP contribution in [0.25, 0.3) is 0 Å². The van der Waals surface area contributed by atoms with Crippen molar-refractivity contribution < 1.29 is 0 Å². The van der Waals surface area contributed by atoms with Crippen molar-refractivity contribution in [3.8, 4) is 0 Å². The Labute approximate surface area is 161 Å². The van der Waals surface area contributed by atoms with Crippen molar-refractivity contribution in [2.24, 2.45) is 5.92 Å². The second-order valence-corrected chi connectivity index (χ2v) is 8.38. The van der Waals surface area contributed by atoms with E-state index in [1.165, 1.54) is 109 Å². The van der Waals surface area contributed by atoms with Gasteiger partial charge in [-0.2, -0.15) is 0 Å². The first-order chi connectivity index (χ1) is 12.2. The lowest BCUT2D eigenvalue weighted by atomic mass is 9.97. The van der Waals surface area contributed by atoms with Crippen LogP contribution in [0.1, 0.15) is 131 Å². The van der Waals surface area contributed by atoms with Crippen LogP contribution in [0.3, 0.4) is 0 Å². The van der Waals surface area contributed by atoms with Gasteiger partial charge in [0, 0.05) is 12.6 Å². The molecule has 0 N–H and O–H groups in total. The van der Waals surface area contributed by atoms with Crippen LogP contribution in [0.4, 0.5) is 0 Å². The summed E-state index contributed by atoms with van der Waals surface area (Å²) in [6.45, 7) is 14.5. The number of rotatable bonds is 19. The predicted octanol–water partition coefficient (Wildman–Crippen LogP) is 8.22. The maximum atomic E-state index is 2.86. The third-order valence-corrected chi connectivity index (χ3v) is 5.93. The maximum absolute atomic E-state index is 2.86. The average molecular weight is 354 g/mol. The molecule has 2 atom stereocenters. The van der Waals surface area contributed by atoms with Crippen molar-refractivity contribution in [2.45, 2.75) is 137 Å². The van der Waals surface area contributed by atoms with E-state index in [9.17, 15) is 0 Å². The Hall–Kier alpha value is -0.0400. The van der Waals surface area contributed by atoms with E-state index in [2.05, 4.69) is 39.5 Å². The molecule has 0 saturated carbocycles. The van der Waals surface area contributed by atoms with E-state index >= 15 is 0 Å². The number of hydrogen-bond acceptors (Lipinski definition) is 1. The van der Waals surface area contributed by atoms with Crippen molar-refractivity contribution in [1.82, 2.24) is 4.90 Å². The lowest BCUT2D eigenvalue weighted by Gasteiger charge is -2.32. The zero-order chi connectivity index (χ0) is 18.8. The van der Waals surface area contributed by atoms with E-state index in [0.717, 1.165) is 12.0 Å². The molecule has 25 heavy (non-hydrogen) atoms. The van der Waals surface area contributed by atoms with E-state index in [1.807, 2.05) is 0 Å². The summed E-state index contributed by atoms with van der Waals surface area (Å²) in [4.78, 5) is 2.86. The average Bonchev–Trinajstić information content (AvgIpc) is 2.63. The topological polar surface area (TPSA) is 3.24 Å². The van der Waals surface area contributed by atoms with E-state index in [0.29, 0.717) is 0 Å². The first-order valence-electron chi connectivity index (χ1n) is 11.9. The molecule has 2 unspecified atom stereocenters. The van der Waals surface area contributed by atoms with Crippen molar-refractivity contribution >= 4 is 0 Å². The molecule has 0 heterocycles. The highest BCUT2D eigenvalue weighted by molar-refractivity contribution is 4.72. The minimum Gasteiger partial charge on any atom is -0.300 e.